The van der Waals surface area contributed by atoms with E-state index in [1.807, 2.05) is 25.1 Å². The third-order valence-corrected chi connectivity index (χ3v) is 3.75. The van der Waals surface area contributed by atoms with Crippen molar-refractivity contribution in [2.75, 3.05) is 5.32 Å². The van der Waals surface area contributed by atoms with Gasteiger partial charge in [0.1, 0.15) is 0 Å². The Morgan fingerprint density at radius 1 is 1.29 bits per heavy atom. The van der Waals surface area contributed by atoms with Gasteiger partial charge in [0.05, 0.1) is 5.56 Å². The van der Waals surface area contributed by atoms with E-state index >= 15 is 0 Å². The summed E-state index contributed by atoms with van der Waals surface area (Å²) in [5.74, 6) is 0.311. The van der Waals surface area contributed by atoms with Crippen molar-refractivity contribution in [2.24, 2.45) is 0 Å². The Bertz CT molecular complexity index is 668. The van der Waals surface area contributed by atoms with Crippen LogP contribution in [-0.4, -0.2) is 21.9 Å². The number of rotatable bonds is 4. The van der Waals surface area contributed by atoms with Gasteiger partial charge in [0.15, 0.2) is 0 Å². The first kappa shape index (κ1) is 13.8. The molecule has 0 bridgehead atoms. The highest BCUT2D eigenvalue weighted by Crippen LogP contribution is 2.24. The van der Waals surface area contributed by atoms with E-state index in [0.717, 1.165) is 24.1 Å². The van der Waals surface area contributed by atoms with Gasteiger partial charge < -0.3 is 10.6 Å². The molecule has 5 nitrogen and oxygen atoms in total. The smallest absolute Gasteiger partial charge is 0.254 e. The summed E-state index contributed by atoms with van der Waals surface area (Å²) in [5.41, 5.74) is 2.24. The number of aromatic nitrogens is 2. The minimum absolute atomic E-state index is 0.122. The van der Waals surface area contributed by atoms with Crippen molar-refractivity contribution in [2.45, 2.75) is 25.8 Å². The fourth-order valence-corrected chi connectivity index (χ4v) is 2.04. The molecule has 1 aromatic heterocycles. The molecule has 6 heteroatoms. The fourth-order valence-electron chi connectivity index (χ4n) is 1.87. The maximum atomic E-state index is 11.8. The Kier molecular flexibility index (Phi) is 3.75. The first-order valence-electron chi connectivity index (χ1n) is 6.78. The zero-order valence-corrected chi connectivity index (χ0v) is 12.3. The van der Waals surface area contributed by atoms with Crippen molar-refractivity contribution < 1.29 is 4.79 Å². The third-order valence-electron chi connectivity index (χ3n) is 3.34. The minimum Gasteiger partial charge on any atom is -0.349 e. The lowest BCUT2D eigenvalue weighted by Gasteiger charge is -2.09. The van der Waals surface area contributed by atoms with Crippen molar-refractivity contribution in [1.82, 2.24) is 15.3 Å². The van der Waals surface area contributed by atoms with E-state index in [1.165, 1.54) is 12.4 Å². The number of carbonyl (C=O) groups is 1. The molecule has 1 aliphatic rings. The lowest BCUT2D eigenvalue weighted by Crippen LogP contribution is -2.25. The maximum Gasteiger partial charge on any atom is 0.254 e. The summed E-state index contributed by atoms with van der Waals surface area (Å²) >= 11 is 6.07. The molecule has 1 aliphatic carbocycles. The average Bonchev–Trinajstić information content (AvgIpc) is 3.28. The first-order chi connectivity index (χ1) is 10.1. The monoisotopic (exact) mass is 302 g/mol. The van der Waals surface area contributed by atoms with Gasteiger partial charge in [-0.1, -0.05) is 17.7 Å². The van der Waals surface area contributed by atoms with Crippen LogP contribution in [0.5, 0.6) is 0 Å². The predicted octanol–water partition coefficient (Wildman–Crippen LogP) is 3.07. The summed E-state index contributed by atoms with van der Waals surface area (Å²) in [6, 6.07) is 5.91. The maximum absolute atomic E-state index is 11.8. The zero-order chi connectivity index (χ0) is 14.8. The summed E-state index contributed by atoms with van der Waals surface area (Å²) in [6.07, 6.45) is 5.15. The Labute approximate surface area is 127 Å². The van der Waals surface area contributed by atoms with Gasteiger partial charge in [-0.25, -0.2) is 9.97 Å². The molecule has 2 aromatic rings. The largest absolute Gasteiger partial charge is 0.349 e. The molecule has 21 heavy (non-hydrogen) atoms. The number of carbonyl (C=O) groups excluding carboxylic acids is 1. The molecule has 0 unspecified atom stereocenters. The van der Waals surface area contributed by atoms with Crippen molar-refractivity contribution >= 4 is 29.1 Å². The summed E-state index contributed by atoms with van der Waals surface area (Å²) in [4.78, 5) is 20.2. The normalized spacial score (nSPS) is 13.8. The predicted molar refractivity (Wildman–Crippen MR) is 82.0 cm³/mol. The van der Waals surface area contributed by atoms with Gasteiger partial charge in [-0.3, -0.25) is 4.79 Å². The minimum atomic E-state index is -0.122. The number of halogens is 1. The standard InChI is InChI=1S/C15H15ClN4O/c1-9-12(16)3-2-4-13(9)20-15-17-7-10(8-18-15)14(21)19-11-5-6-11/h2-4,7-8,11H,5-6H2,1H3,(H,19,21)(H,17,18,20). The number of amides is 1. The van der Waals surface area contributed by atoms with Crippen molar-refractivity contribution in [1.29, 1.82) is 0 Å². The number of nitrogens with one attached hydrogen (secondary N) is 2. The molecule has 0 atom stereocenters. The van der Waals surface area contributed by atoms with E-state index in [0.29, 0.717) is 22.6 Å². The number of nitrogens with zero attached hydrogens (tertiary/aromatic N) is 2. The zero-order valence-electron chi connectivity index (χ0n) is 11.6. The number of benzene rings is 1. The van der Waals surface area contributed by atoms with Gasteiger partial charge in [-0.15, -0.1) is 0 Å². The number of hydrogen-bond donors (Lipinski definition) is 2. The lowest BCUT2D eigenvalue weighted by molar-refractivity contribution is 0.0950. The van der Waals surface area contributed by atoms with Crippen LogP contribution in [-0.2, 0) is 0 Å². The first-order valence-corrected chi connectivity index (χ1v) is 7.16. The molecule has 2 N–H and O–H groups in total. The van der Waals surface area contributed by atoms with E-state index in [-0.39, 0.29) is 5.91 Å². The van der Waals surface area contributed by atoms with Crippen LogP contribution in [0.3, 0.4) is 0 Å². The molecule has 1 heterocycles. The number of hydrogen-bond acceptors (Lipinski definition) is 4. The molecular weight excluding hydrogens is 288 g/mol. The second-order valence-electron chi connectivity index (χ2n) is 5.08. The molecule has 0 radical (unpaired) electrons. The van der Waals surface area contributed by atoms with E-state index in [9.17, 15) is 4.79 Å². The topological polar surface area (TPSA) is 66.9 Å². The molecule has 108 valence electrons. The van der Waals surface area contributed by atoms with Crippen molar-refractivity contribution in [3.05, 3.63) is 46.7 Å². The molecule has 3 rings (SSSR count). The fraction of sp³-hybridized carbons (Fsp3) is 0.267. The van der Waals surface area contributed by atoms with Crippen molar-refractivity contribution in [3.63, 3.8) is 0 Å². The van der Waals surface area contributed by atoms with Gasteiger partial charge in [-0.2, -0.15) is 0 Å². The van der Waals surface area contributed by atoms with E-state index in [1.54, 1.807) is 0 Å². The van der Waals surface area contributed by atoms with Crippen LogP contribution in [0, 0.1) is 6.92 Å². The average molecular weight is 303 g/mol. The van der Waals surface area contributed by atoms with Crippen LogP contribution in [0.25, 0.3) is 0 Å². The third kappa shape index (κ3) is 3.31. The van der Waals surface area contributed by atoms with Crippen LogP contribution >= 0.6 is 11.6 Å². The summed E-state index contributed by atoms with van der Waals surface area (Å²) in [5, 5.41) is 6.67. The molecule has 0 saturated heterocycles. The molecule has 0 aliphatic heterocycles. The van der Waals surface area contributed by atoms with Crippen LogP contribution in [0.15, 0.2) is 30.6 Å². The summed E-state index contributed by atoms with van der Waals surface area (Å²) in [7, 11) is 0. The second-order valence-corrected chi connectivity index (χ2v) is 5.49. The Hall–Kier alpha value is -2.14. The molecule has 1 saturated carbocycles. The molecular formula is C15H15ClN4O. The van der Waals surface area contributed by atoms with Crippen LogP contribution in [0.4, 0.5) is 11.6 Å². The molecule has 0 spiro atoms. The van der Waals surface area contributed by atoms with E-state index in [4.69, 9.17) is 11.6 Å². The SMILES string of the molecule is Cc1c(Cl)cccc1Nc1ncc(C(=O)NC2CC2)cn1. The second kappa shape index (κ2) is 5.69. The van der Waals surface area contributed by atoms with Crippen LogP contribution in [0.2, 0.25) is 5.02 Å². The van der Waals surface area contributed by atoms with E-state index in [2.05, 4.69) is 20.6 Å². The van der Waals surface area contributed by atoms with Gasteiger partial charge in [-0.05, 0) is 37.5 Å². The van der Waals surface area contributed by atoms with Gasteiger partial charge >= 0.3 is 0 Å². The van der Waals surface area contributed by atoms with Gasteiger partial charge in [0.2, 0.25) is 5.95 Å². The van der Waals surface area contributed by atoms with Gasteiger partial charge in [0, 0.05) is 29.1 Å². The highest BCUT2D eigenvalue weighted by Gasteiger charge is 2.24. The lowest BCUT2D eigenvalue weighted by atomic mass is 10.2. The van der Waals surface area contributed by atoms with Crippen molar-refractivity contribution in [3.8, 4) is 0 Å². The quantitative estimate of drug-likeness (QED) is 0.911. The highest BCUT2D eigenvalue weighted by atomic mass is 35.5. The van der Waals surface area contributed by atoms with Crippen LogP contribution in [0.1, 0.15) is 28.8 Å². The number of anilines is 2. The highest BCUT2D eigenvalue weighted by molar-refractivity contribution is 6.31. The molecule has 1 fully saturated rings. The van der Waals surface area contributed by atoms with E-state index < -0.39 is 0 Å². The van der Waals surface area contributed by atoms with Crippen LogP contribution < -0.4 is 10.6 Å². The Balaban J connectivity index is 1.71. The Morgan fingerprint density at radius 2 is 2.00 bits per heavy atom. The molecule has 1 amide bonds. The van der Waals surface area contributed by atoms with Gasteiger partial charge in [0.25, 0.3) is 5.91 Å². The summed E-state index contributed by atoms with van der Waals surface area (Å²) < 4.78 is 0. The Morgan fingerprint density at radius 3 is 2.67 bits per heavy atom. The summed E-state index contributed by atoms with van der Waals surface area (Å²) in [6.45, 7) is 1.92. The molecule has 1 aromatic carbocycles.